The molecule has 1 aromatic rings. The number of aliphatic hydroxyl groups is 3. The Balaban J connectivity index is 1.93. The molecule has 1 aliphatic rings. The van der Waals surface area contributed by atoms with E-state index < -0.39 is 42.6 Å². The molecular formula is C21H32O7. The summed E-state index contributed by atoms with van der Waals surface area (Å²) >= 11 is 0. The van der Waals surface area contributed by atoms with Gasteiger partial charge < -0.3 is 29.5 Å². The van der Waals surface area contributed by atoms with Gasteiger partial charge in [0.25, 0.3) is 0 Å². The average Bonchev–Trinajstić information content (AvgIpc) is 2.67. The summed E-state index contributed by atoms with van der Waals surface area (Å²) in [4.78, 5) is 12.4. The molecule has 0 aromatic heterocycles. The molecule has 7 heteroatoms. The van der Waals surface area contributed by atoms with Crippen molar-refractivity contribution in [3.8, 4) is 0 Å². The lowest BCUT2D eigenvalue weighted by Gasteiger charge is -2.39. The molecule has 6 atom stereocenters. The summed E-state index contributed by atoms with van der Waals surface area (Å²) in [7, 11) is 0. The van der Waals surface area contributed by atoms with Gasteiger partial charge >= 0.3 is 5.97 Å². The van der Waals surface area contributed by atoms with Gasteiger partial charge in [-0.15, -0.1) is 0 Å². The van der Waals surface area contributed by atoms with Crippen molar-refractivity contribution < 1.29 is 34.3 Å². The van der Waals surface area contributed by atoms with Crippen LogP contribution in [0.3, 0.4) is 0 Å². The quantitative estimate of drug-likeness (QED) is 0.570. The fourth-order valence-electron chi connectivity index (χ4n) is 3.20. The highest BCUT2D eigenvalue weighted by Crippen LogP contribution is 2.24. The van der Waals surface area contributed by atoms with Gasteiger partial charge in [0.15, 0.2) is 6.29 Å². The number of aliphatic hydroxyl groups excluding tert-OH is 3. The fraction of sp³-hybridized carbons (Fsp3) is 0.667. The van der Waals surface area contributed by atoms with Gasteiger partial charge in [0.2, 0.25) is 0 Å². The van der Waals surface area contributed by atoms with Crippen LogP contribution in [-0.2, 0) is 25.4 Å². The molecule has 1 aliphatic heterocycles. The van der Waals surface area contributed by atoms with E-state index >= 15 is 0 Å². The number of rotatable bonds is 8. The molecule has 158 valence electrons. The van der Waals surface area contributed by atoms with Gasteiger partial charge in [-0.2, -0.15) is 0 Å². The summed E-state index contributed by atoms with van der Waals surface area (Å²) in [5.41, 5.74) is 2.05. The number of carbonyl (C=O) groups excluding carboxylic acids is 1. The molecule has 0 radical (unpaired) electrons. The van der Waals surface area contributed by atoms with E-state index in [4.69, 9.17) is 14.2 Å². The predicted molar refractivity (Wildman–Crippen MR) is 103 cm³/mol. The van der Waals surface area contributed by atoms with Gasteiger partial charge in [0.1, 0.15) is 31.0 Å². The molecule has 0 saturated carbocycles. The lowest BCUT2D eigenvalue weighted by atomic mass is 9.97. The van der Waals surface area contributed by atoms with Crippen molar-refractivity contribution in [3.63, 3.8) is 0 Å². The van der Waals surface area contributed by atoms with Crippen LogP contribution in [-0.4, -0.2) is 65.2 Å². The van der Waals surface area contributed by atoms with Crippen molar-refractivity contribution in [2.24, 2.45) is 5.92 Å². The van der Waals surface area contributed by atoms with Crippen LogP contribution < -0.4 is 0 Å². The van der Waals surface area contributed by atoms with Crippen LogP contribution in [0.25, 0.3) is 0 Å². The Hall–Kier alpha value is -1.51. The lowest BCUT2D eigenvalue weighted by molar-refractivity contribution is -0.300. The third-order valence-electron chi connectivity index (χ3n) is 4.87. The summed E-state index contributed by atoms with van der Waals surface area (Å²) in [6.45, 7) is 7.80. The second-order valence-corrected chi connectivity index (χ2v) is 7.66. The molecule has 1 fully saturated rings. The standard InChI is InChI=1S/C21H32O7/c1-5-26-21-19(24)18(23)17(22)16(28-21)11-27-20(25)13(4)15-8-6-14(7-9-15)10-12(2)3/h6-9,12-13,16-19,21-24H,5,10-11H2,1-4H3/t13?,16-,17-,18+,19-,21?/m1/s1. The monoisotopic (exact) mass is 396 g/mol. The summed E-state index contributed by atoms with van der Waals surface area (Å²) in [5, 5.41) is 29.9. The first-order chi connectivity index (χ1) is 13.2. The molecular weight excluding hydrogens is 364 g/mol. The molecule has 1 aromatic carbocycles. The Bertz CT molecular complexity index is 616. The molecule has 0 amide bonds. The van der Waals surface area contributed by atoms with Crippen molar-refractivity contribution in [3.05, 3.63) is 35.4 Å². The van der Waals surface area contributed by atoms with Crippen molar-refractivity contribution >= 4 is 5.97 Å². The zero-order chi connectivity index (χ0) is 20.8. The minimum Gasteiger partial charge on any atom is -0.462 e. The molecule has 1 saturated heterocycles. The molecule has 2 unspecified atom stereocenters. The van der Waals surface area contributed by atoms with E-state index in [1.165, 1.54) is 5.56 Å². The van der Waals surface area contributed by atoms with Gasteiger partial charge in [0.05, 0.1) is 5.92 Å². The first kappa shape index (κ1) is 22.8. The smallest absolute Gasteiger partial charge is 0.313 e. The fourth-order valence-corrected chi connectivity index (χ4v) is 3.20. The minimum absolute atomic E-state index is 0.247. The number of benzene rings is 1. The molecule has 0 bridgehead atoms. The Labute approximate surface area is 166 Å². The highest BCUT2D eigenvalue weighted by atomic mass is 16.7. The Morgan fingerprint density at radius 1 is 1.07 bits per heavy atom. The van der Waals surface area contributed by atoms with Crippen LogP contribution in [0, 0.1) is 5.92 Å². The number of ether oxygens (including phenoxy) is 3. The van der Waals surface area contributed by atoms with E-state index in [0.717, 1.165) is 12.0 Å². The second-order valence-electron chi connectivity index (χ2n) is 7.66. The third kappa shape index (κ3) is 5.75. The van der Waals surface area contributed by atoms with Crippen LogP contribution in [0.1, 0.15) is 44.7 Å². The normalized spacial score (nSPS) is 28.9. The highest BCUT2D eigenvalue weighted by molar-refractivity contribution is 5.77. The summed E-state index contributed by atoms with van der Waals surface area (Å²) in [6.07, 6.45) is -5.29. The van der Waals surface area contributed by atoms with E-state index in [-0.39, 0.29) is 13.2 Å². The maximum absolute atomic E-state index is 12.4. The van der Waals surface area contributed by atoms with Crippen LogP contribution >= 0.6 is 0 Å². The molecule has 0 aliphatic carbocycles. The van der Waals surface area contributed by atoms with Crippen molar-refractivity contribution in [2.75, 3.05) is 13.2 Å². The van der Waals surface area contributed by atoms with Gasteiger partial charge in [0, 0.05) is 6.61 Å². The average molecular weight is 396 g/mol. The number of carbonyl (C=O) groups is 1. The van der Waals surface area contributed by atoms with Gasteiger partial charge in [-0.05, 0) is 37.3 Å². The summed E-state index contributed by atoms with van der Waals surface area (Å²) in [6, 6.07) is 7.86. The first-order valence-corrected chi connectivity index (χ1v) is 9.81. The van der Waals surface area contributed by atoms with E-state index in [9.17, 15) is 20.1 Å². The molecule has 2 rings (SSSR count). The van der Waals surface area contributed by atoms with Crippen LogP contribution in [0.5, 0.6) is 0 Å². The molecule has 7 nitrogen and oxygen atoms in total. The number of esters is 1. The van der Waals surface area contributed by atoms with Crippen LogP contribution in [0.4, 0.5) is 0 Å². The second kappa shape index (κ2) is 10.3. The molecule has 1 heterocycles. The Morgan fingerprint density at radius 2 is 1.71 bits per heavy atom. The Kier molecular flexibility index (Phi) is 8.39. The summed E-state index contributed by atoms with van der Waals surface area (Å²) < 4.78 is 16.0. The highest BCUT2D eigenvalue weighted by Gasteiger charge is 2.44. The van der Waals surface area contributed by atoms with Gasteiger partial charge in [-0.25, -0.2) is 0 Å². The maximum Gasteiger partial charge on any atom is 0.313 e. The maximum atomic E-state index is 12.4. The Morgan fingerprint density at radius 3 is 2.29 bits per heavy atom. The zero-order valence-electron chi connectivity index (χ0n) is 16.9. The zero-order valence-corrected chi connectivity index (χ0v) is 16.9. The van der Waals surface area contributed by atoms with E-state index in [1.54, 1.807) is 13.8 Å². The largest absolute Gasteiger partial charge is 0.462 e. The van der Waals surface area contributed by atoms with Gasteiger partial charge in [-0.3, -0.25) is 4.79 Å². The van der Waals surface area contributed by atoms with Crippen molar-refractivity contribution in [1.82, 2.24) is 0 Å². The predicted octanol–water partition coefficient (Wildman–Crippen LogP) is 1.38. The van der Waals surface area contributed by atoms with Crippen molar-refractivity contribution in [1.29, 1.82) is 0 Å². The number of hydrogen-bond donors (Lipinski definition) is 3. The van der Waals surface area contributed by atoms with Crippen LogP contribution in [0.2, 0.25) is 0 Å². The van der Waals surface area contributed by atoms with E-state index in [2.05, 4.69) is 13.8 Å². The molecule has 0 spiro atoms. The SMILES string of the molecule is CCOC1O[C@H](COC(=O)C(C)c2ccc(CC(C)C)cc2)[C@@H](O)[C@H](O)[C@H]1O. The number of hydrogen-bond acceptors (Lipinski definition) is 7. The molecule has 28 heavy (non-hydrogen) atoms. The van der Waals surface area contributed by atoms with Crippen molar-refractivity contribution in [2.45, 2.75) is 70.7 Å². The third-order valence-corrected chi connectivity index (χ3v) is 4.87. The minimum atomic E-state index is -1.44. The van der Waals surface area contributed by atoms with E-state index in [1.807, 2.05) is 24.3 Å². The van der Waals surface area contributed by atoms with E-state index in [0.29, 0.717) is 5.92 Å². The topological polar surface area (TPSA) is 105 Å². The van der Waals surface area contributed by atoms with Gasteiger partial charge in [-0.1, -0.05) is 38.1 Å². The summed E-state index contributed by atoms with van der Waals surface area (Å²) in [5.74, 6) is -0.377. The molecule has 3 N–H and O–H groups in total. The van der Waals surface area contributed by atoms with Crippen LogP contribution in [0.15, 0.2) is 24.3 Å². The lowest BCUT2D eigenvalue weighted by Crippen LogP contribution is -2.59. The first-order valence-electron chi connectivity index (χ1n) is 9.81.